The topological polar surface area (TPSA) is 25.6 Å². The van der Waals surface area contributed by atoms with Crippen LogP contribution in [0.3, 0.4) is 0 Å². The van der Waals surface area contributed by atoms with Gasteiger partial charge in [0.25, 0.3) is 0 Å². The Hall–Kier alpha value is -6.84. The van der Waals surface area contributed by atoms with Crippen LogP contribution in [-0.4, -0.2) is 14.1 Å². The van der Waals surface area contributed by atoms with Gasteiger partial charge < -0.3 is 14.1 Å². The molecular weight excluding hydrogens is 619 g/mol. The molecule has 1 N–H and O–H groups in total. The molecule has 3 heteroatoms. The maximum Gasteiger partial charge on any atom is 0.0555 e. The second-order valence-electron chi connectivity index (χ2n) is 13.0. The van der Waals surface area contributed by atoms with Crippen LogP contribution in [0.25, 0.3) is 87.9 Å². The number of nitrogens with one attached hydrogen (secondary N) is 1. The number of rotatable bonds is 3. The Balaban J connectivity index is 0.000000498. The number of aromatic nitrogens is 3. The maximum absolute atomic E-state index is 3.85. The van der Waals surface area contributed by atoms with Gasteiger partial charge in [-0.15, -0.1) is 0 Å². The summed E-state index contributed by atoms with van der Waals surface area (Å²) < 4.78 is 4.82. The molecule has 51 heavy (non-hydrogen) atoms. The third-order valence-corrected chi connectivity index (χ3v) is 10.1. The SMILES string of the molecule is c1ccc(-n2c3ccccc3c3c4c([nH]c5ccccc54)c(-c4cccc(-n5c6ccccc6c6ccccc65)c4)cc32)cc1.c1ccccc1. The summed E-state index contributed by atoms with van der Waals surface area (Å²) >= 11 is 0. The van der Waals surface area contributed by atoms with E-state index in [0.29, 0.717) is 0 Å². The predicted molar refractivity (Wildman–Crippen MR) is 216 cm³/mol. The Morgan fingerprint density at radius 3 is 1.49 bits per heavy atom. The molecule has 3 heterocycles. The second kappa shape index (κ2) is 11.9. The first kappa shape index (κ1) is 29.1. The molecule has 0 radical (unpaired) electrons. The van der Waals surface area contributed by atoms with Crippen molar-refractivity contribution in [3.8, 4) is 22.5 Å². The smallest absolute Gasteiger partial charge is 0.0555 e. The molecule has 0 saturated carbocycles. The van der Waals surface area contributed by atoms with Crippen molar-refractivity contribution in [3.63, 3.8) is 0 Å². The maximum atomic E-state index is 3.85. The molecule has 11 aromatic rings. The van der Waals surface area contributed by atoms with Crippen molar-refractivity contribution in [2.24, 2.45) is 0 Å². The van der Waals surface area contributed by atoms with Crippen molar-refractivity contribution in [1.82, 2.24) is 14.1 Å². The van der Waals surface area contributed by atoms with E-state index < -0.39 is 0 Å². The van der Waals surface area contributed by atoms with Gasteiger partial charge in [-0.05, 0) is 60.2 Å². The van der Waals surface area contributed by atoms with E-state index in [2.05, 4.69) is 172 Å². The molecule has 0 spiro atoms. The largest absolute Gasteiger partial charge is 0.354 e. The number of benzene rings is 8. The average Bonchev–Trinajstić information content (AvgIpc) is 3.87. The number of H-pyrrole nitrogens is 1. The molecule has 0 saturated heterocycles. The van der Waals surface area contributed by atoms with Gasteiger partial charge in [0.2, 0.25) is 0 Å². The summed E-state index contributed by atoms with van der Waals surface area (Å²) in [5.41, 5.74) is 11.8. The second-order valence-corrected chi connectivity index (χ2v) is 13.0. The zero-order valence-corrected chi connectivity index (χ0v) is 27.9. The highest BCUT2D eigenvalue weighted by molar-refractivity contribution is 6.30. The monoisotopic (exact) mass is 651 g/mol. The first-order valence-electron chi connectivity index (χ1n) is 17.5. The molecule has 11 rings (SSSR count). The Kier molecular flexibility index (Phi) is 6.81. The third-order valence-electron chi connectivity index (χ3n) is 10.1. The lowest BCUT2D eigenvalue weighted by Crippen LogP contribution is -1.95. The molecule has 0 amide bonds. The summed E-state index contributed by atoms with van der Waals surface area (Å²) in [5.74, 6) is 0. The highest BCUT2D eigenvalue weighted by Crippen LogP contribution is 2.44. The number of hydrogen-bond donors (Lipinski definition) is 1. The number of aromatic amines is 1. The lowest BCUT2D eigenvalue weighted by molar-refractivity contribution is 1.18. The van der Waals surface area contributed by atoms with E-state index >= 15 is 0 Å². The summed E-state index contributed by atoms with van der Waals surface area (Å²) in [6.45, 7) is 0. The molecule has 0 fully saturated rings. The van der Waals surface area contributed by atoms with Gasteiger partial charge in [0, 0.05) is 54.8 Å². The standard InChI is InChI=1S/C42H27N3.C6H6/c1-2-14-28(15-3-1)44-38-24-11-7-20-33(38)40-39(44)26-34(42-41(40)32-19-4-8-21-35(32)43-42)27-13-12-16-29(25-27)45-36-22-9-5-17-30(36)31-18-6-10-23-37(31)45;1-2-4-6-5-3-1/h1-26,43H;1-6H. The fraction of sp³-hybridized carbons (Fsp3) is 0. The Labute approximate surface area is 295 Å². The lowest BCUT2D eigenvalue weighted by atomic mass is 9.97. The van der Waals surface area contributed by atoms with Crippen LogP contribution in [0, 0.1) is 0 Å². The van der Waals surface area contributed by atoms with Crippen molar-refractivity contribution in [2.75, 3.05) is 0 Å². The number of hydrogen-bond acceptors (Lipinski definition) is 0. The molecule has 0 aliphatic heterocycles. The molecule has 0 bridgehead atoms. The van der Waals surface area contributed by atoms with Gasteiger partial charge in [-0.1, -0.05) is 140 Å². The van der Waals surface area contributed by atoms with Crippen LogP contribution in [-0.2, 0) is 0 Å². The van der Waals surface area contributed by atoms with Crippen LogP contribution in [0.15, 0.2) is 194 Å². The molecule has 0 aliphatic rings. The van der Waals surface area contributed by atoms with Gasteiger partial charge in [-0.2, -0.15) is 0 Å². The first-order valence-corrected chi connectivity index (χ1v) is 17.5. The lowest BCUT2D eigenvalue weighted by Gasteiger charge is -2.13. The van der Waals surface area contributed by atoms with Gasteiger partial charge in [-0.3, -0.25) is 0 Å². The van der Waals surface area contributed by atoms with Crippen molar-refractivity contribution < 1.29 is 0 Å². The van der Waals surface area contributed by atoms with E-state index in [1.807, 2.05) is 36.4 Å². The van der Waals surface area contributed by atoms with Gasteiger partial charge in [-0.25, -0.2) is 0 Å². The summed E-state index contributed by atoms with van der Waals surface area (Å²) in [4.78, 5) is 3.85. The van der Waals surface area contributed by atoms with Crippen molar-refractivity contribution in [3.05, 3.63) is 194 Å². The van der Waals surface area contributed by atoms with Crippen molar-refractivity contribution in [1.29, 1.82) is 0 Å². The van der Waals surface area contributed by atoms with Gasteiger partial charge in [0.15, 0.2) is 0 Å². The molecule has 8 aromatic carbocycles. The minimum Gasteiger partial charge on any atom is -0.354 e. The summed E-state index contributed by atoms with van der Waals surface area (Å²) in [7, 11) is 0. The minimum atomic E-state index is 1.15. The van der Waals surface area contributed by atoms with Crippen molar-refractivity contribution in [2.45, 2.75) is 0 Å². The van der Waals surface area contributed by atoms with Gasteiger partial charge >= 0.3 is 0 Å². The van der Waals surface area contributed by atoms with Crippen LogP contribution in [0.1, 0.15) is 0 Å². The van der Waals surface area contributed by atoms with E-state index in [4.69, 9.17) is 0 Å². The highest BCUT2D eigenvalue weighted by atomic mass is 15.0. The van der Waals surface area contributed by atoms with E-state index in [9.17, 15) is 0 Å². The normalized spacial score (nSPS) is 11.5. The van der Waals surface area contributed by atoms with E-state index in [1.54, 1.807) is 0 Å². The zero-order chi connectivity index (χ0) is 33.7. The number of fused-ring (bicyclic) bond motifs is 10. The molecule has 0 aliphatic carbocycles. The fourth-order valence-corrected chi connectivity index (χ4v) is 7.95. The van der Waals surface area contributed by atoms with Crippen LogP contribution in [0.4, 0.5) is 0 Å². The van der Waals surface area contributed by atoms with Crippen molar-refractivity contribution >= 4 is 65.4 Å². The van der Waals surface area contributed by atoms with Crippen LogP contribution >= 0.6 is 0 Å². The Morgan fingerprint density at radius 2 is 0.824 bits per heavy atom. The number of nitrogens with zero attached hydrogens (tertiary/aromatic N) is 2. The quantitative estimate of drug-likeness (QED) is 0.197. The molecule has 0 unspecified atom stereocenters. The highest BCUT2D eigenvalue weighted by Gasteiger charge is 2.21. The molecule has 0 atom stereocenters. The molecule has 3 nitrogen and oxygen atoms in total. The predicted octanol–water partition coefficient (Wildman–Crippen LogP) is 12.9. The average molecular weight is 652 g/mol. The fourth-order valence-electron chi connectivity index (χ4n) is 7.95. The van der Waals surface area contributed by atoms with Gasteiger partial charge in [0.1, 0.15) is 0 Å². The molecular formula is C48H33N3. The number of para-hydroxylation sites is 5. The molecule has 240 valence electrons. The molecule has 3 aromatic heterocycles. The van der Waals surface area contributed by atoms with Gasteiger partial charge in [0.05, 0.1) is 27.6 Å². The van der Waals surface area contributed by atoms with Crippen LogP contribution < -0.4 is 0 Å². The van der Waals surface area contributed by atoms with E-state index in [-0.39, 0.29) is 0 Å². The van der Waals surface area contributed by atoms with E-state index in [1.165, 1.54) is 71.0 Å². The van der Waals surface area contributed by atoms with Crippen LogP contribution in [0.2, 0.25) is 0 Å². The zero-order valence-electron chi connectivity index (χ0n) is 27.9. The third kappa shape index (κ3) is 4.67. The van der Waals surface area contributed by atoms with Crippen LogP contribution in [0.5, 0.6) is 0 Å². The summed E-state index contributed by atoms with van der Waals surface area (Å²) in [6, 6.07) is 69.1. The summed E-state index contributed by atoms with van der Waals surface area (Å²) in [6.07, 6.45) is 0. The van der Waals surface area contributed by atoms with E-state index in [0.717, 1.165) is 16.9 Å². The Morgan fingerprint density at radius 1 is 0.333 bits per heavy atom. The minimum absolute atomic E-state index is 1.15. The first-order chi connectivity index (χ1) is 25.3. The Bertz CT molecular complexity index is 2940. The summed E-state index contributed by atoms with van der Waals surface area (Å²) in [5, 5.41) is 7.59.